The van der Waals surface area contributed by atoms with Gasteiger partial charge in [0.15, 0.2) is 0 Å². The Bertz CT molecular complexity index is 607. The molecule has 122 valence electrons. The SMILES string of the molecule is CC[C@@H](C)NC(=O)c1ccc(S(=O)(=O)N2CCOCC2)cc1. The maximum Gasteiger partial charge on any atom is 0.251 e. The number of amides is 1. The fourth-order valence-electron chi connectivity index (χ4n) is 2.12. The van der Waals surface area contributed by atoms with Crippen molar-refractivity contribution in [3.05, 3.63) is 29.8 Å². The zero-order valence-electron chi connectivity index (χ0n) is 12.9. The van der Waals surface area contributed by atoms with E-state index in [1.54, 1.807) is 12.1 Å². The van der Waals surface area contributed by atoms with E-state index in [1.807, 2.05) is 13.8 Å². The second-order valence-corrected chi connectivity index (χ2v) is 7.26. The van der Waals surface area contributed by atoms with Gasteiger partial charge in [-0.1, -0.05) is 6.92 Å². The van der Waals surface area contributed by atoms with Gasteiger partial charge >= 0.3 is 0 Å². The zero-order chi connectivity index (χ0) is 16.2. The third-order valence-electron chi connectivity index (χ3n) is 3.71. The number of rotatable bonds is 5. The summed E-state index contributed by atoms with van der Waals surface area (Å²) in [6, 6.07) is 6.15. The molecule has 2 rings (SSSR count). The Morgan fingerprint density at radius 3 is 2.41 bits per heavy atom. The number of morpholine rings is 1. The van der Waals surface area contributed by atoms with Crippen LogP contribution in [0.3, 0.4) is 0 Å². The number of nitrogens with zero attached hydrogens (tertiary/aromatic N) is 1. The van der Waals surface area contributed by atoms with Crippen LogP contribution in [0.1, 0.15) is 30.6 Å². The van der Waals surface area contributed by atoms with Crippen molar-refractivity contribution >= 4 is 15.9 Å². The van der Waals surface area contributed by atoms with Gasteiger partial charge in [0.05, 0.1) is 18.1 Å². The molecular formula is C15H22N2O4S. The molecule has 1 fully saturated rings. The molecule has 22 heavy (non-hydrogen) atoms. The summed E-state index contributed by atoms with van der Waals surface area (Å²) in [5, 5.41) is 2.85. The van der Waals surface area contributed by atoms with Crippen LogP contribution in [0.15, 0.2) is 29.2 Å². The van der Waals surface area contributed by atoms with Crippen molar-refractivity contribution in [2.75, 3.05) is 26.3 Å². The molecule has 1 saturated heterocycles. The van der Waals surface area contributed by atoms with E-state index >= 15 is 0 Å². The van der Waals surface area contributed by atoms with E-state index in [-0.39, 0.29) is 16.8 Å². The molecule has 0 spiro atoms. The van der Waals surface area contributed by atoms with Crippen molar-refractivity contribution in [1.82, 2.24) is 9.62 Å². The van der Waals surface area contributed by atoms with Gasteiger partial charge in [0.1, 0.15) is 0 Å². The lowest BCUT2D eigenvalue weighted by atomic mass is 10.2. The van der Waals surface area contributed by atoms with Crippen molar-refractivity contribution in [2.24, 2.45) is 0 Å². The number of ether oxygens (including phenoxy) is 1. The Morgan fingerprint density at radius 2 is 1.86 bits per heavy atom. The van der Waals surface area contributed by atoms with Crippen LogP contribution in [0.25, 0.3) is 0 Å². The van der Waals surface area contributed by atoms with Crippen molar-refractivity contribution in [2.45, 2.75) is 31.2 Å². The highest BCUT2D eigenvalue weighted by Crippen LogP contribution is 2.17. The maximum atomic E-state index is 12.5. The van der Waals surface area contributed by atoms with Crippen LogP contribution in [-0.4, -0.2) is 51.0 Å². The number of carbonyl (C=O) groups excluding carboxylic acids is 1. The highest BCUT2D eigenvalue weighted by atomic mass is 32.2. The average molecular weight is 326 g/mol. The highest BCUT2D eigenvalue weighted by Gasteiger charge is 2.26. The lowest BCUT2D eigenvalue weighted by Crippen LogP contribution is -2.40. The Morgan fingerprint density at radius 1 is 1.27 bits per heavy atom. The van der Waals surface area contributed by atoms with Crippen LogP contribution >= 0.6 is 0 Å². The lowest BCUT2D eigenvalue weighted by Gasteiger charge is -2.26. The first-order chi connectivity index (χ1) is 10.4. The molecule has 1 aromatic rings. The largest absolute Gasteiger partial charge is 0.379 e. The zero-order valence-corrected chi connectivity index (χ0v) is 13.7. The van der Waals surface area contributed by atoms with Crippen molar-refractivity contribution < 1.29 is 17.9 Å². The predicted octanol–water partition coefficient (Wildman–Crippen LogP) is 1.24. The Kier molecular flexibility index (Phi) is 5.55. The van der Waals surface area contributed by atoms with Gasteiger partial charge in [-0.25, -0.2) is 8.42 Å². The Hall–Kier alpha value is -1.44. The summed E-state index contributed by atoms with van der Waals surface area (Å²) in [6.45, 7) is 5.46. The molecule has 1 N–H and O–H groups in total. The molecule has 1 heterocycles. The average Bonchev–Trinajstić information content (AvgIpc) is 2.55. The minimum Gasteiger partial charge on any atom is -0.379 e. The van der Waals surface area contributed by atoms with Crippen LogP contribution in [-0.2, 0) is 14.8 Å². The lowest BCUT2D eigenvalue weighted by molar-refractivity contribution is 0.0730. The summed E-state index contributed by atoms with van der Waals surface area (Å²) in [4.78, 5) is 12.2. The summed E-state index contributed by atoms with van der Waals surface area (Å²) in [7, 11) is -3.51. The molecule has 1 aromatic carbocycles. The first-order valence-electron chi connectivity index (χ1n) is 7.44. The molecule has 1 aliphatic rings. The molecule has 7 heteroatoms. The van der Waals surface area contributed by atoms with Gasteiger partial charge < -0.3 is 10.1 Å². The molecule has 0 unspecified atom stereocenters. The fraction of sp³-hybridized carbons (Fsp3) is 0.533. The molecule has 1 aliphatic heterocycles. The number of hydrogen-bond acceptors (Lipinski definition) is 4. The molecule has 6 nitrogen and oxygen atoms in total. The molecular weight excluding hydrogens is 304 g/mol. The van der Waals surface area contributed by atoms with E-state index in [9.17, 15) is 13.2 Å². The number of sulfonamides is 1. The summed E-state index contributed by atoms with van der Waals surface area (Å²) >= 11 is 0. The maximum absolute atomic E-state index is 12.5. The van der Waals surface area contributed by atoms with E-state index in [4.69, 9.17) is 4.74 Å². The van der Waals surface area contributed by atoms with Gasteiger partial charge in [0, 0.05) is 24.7 Å². The first-order valence-corrected chi connectivity index (χ1v) is 8.88. The standard InChI is InChI=1S/C15H22N2O4S/c1-3-12(2)16-15(18)13-4-6-14(7-5-13)22(19,20)17-8-10-21-11-9-17/h4-7,12H,3,8-11H2,1-2H3,(H,16,18)/t12-/m1/s1. The van der Waals surface area contributed by atoms with Gasteiger partial charge in [-0.2, -0.15) is 4.31 Å². The highest BCUT2D eigenvalue weighted by molar-refractivity contribution is 7.89. The Balaban J connectivity index is 2.12. The van der Waals surface area contributed by atoms with Crippen molar-refractivity contribution in [3.63, 3.8) is 0 Å². The summed E-state index contributed by atoms with van der Waals surface area (Å²) in [5.41, 5.74) is 0.459. The quantitative estimate of drug-likeness (QED) is 0.883. The predicted molar refractivity (Wildman–Crippen MR) is 83.2 cm³/mol. The molecule has 0 saturated carbocycles. The Labute approximate surface area is 131 Å². The van der Waals surface area contributed by atoms with Gasteiger partial charge in [-0.15, -0.1) is 0 Å². The van der Waals surface area contributed by atoms with Crippen molar-refractivity contribution in [1.29, 1.82) is 0 Å². The van der Waals surface area contributed by atoms with Crippen LogP contribution in [0.5, 0.6) is 0 Å². The molecule has 1 amide bonds. The number of hydrogen-bond donors (Lipinski definition) is 1. The molecule has 0 radical (unpaired) electrons. The second-order valence-electron chi connectivity index (χ2n) is 5.32. The third kappa shape index (κ3) is 3.85. The summed E-state index contributed by atoms with van der Waals surface area (Å²) in [5.74, 6) is -0.190. The van der Waals surface area contributed by atoms with E-state index in [2.05, 4.69) is 5.32 Å². The van der Waals surface area contributed by atoms with Crippen molar-refractivity contribution in [3.8, 4) is 0 Å². The van der Waals surface area contributed by atoms with Crippen LogP contribution in [0, 0.1) is 0 Å². The van der Waals surface area contributed by atoms with Crippen LogP contribution in [0.4, 0.5) is 0 Å². The normalized spacial score (nSPS) is 17.9. The topological polar surface area (TPSA) is 75.7 Å². The monoisotopic (exact) mass is 326 g/mol. The second kappa shape index (κ2) is 7.21. The van der Waals surface area contributed by atoms with Crippen LogP contribution < -0.4 is 5.32 Å². The van der Waals surface area contributed by atoms with Gasteiger partial charge in [0.25, 0.3) is 5.91 Å². The van der Waals surface area contributed by atoms with E-state index in [0.717, 1.165) is 6.42 Å². The molecule has 0 aliphatic carbocycles. The fourth-order valence-corrected chi connectivity index (χ4v) is 3.53. The first kappa shape index (κ1) is 16.9. The van der Waals surface area contributed by atoms with E-state index < -0.39 is 10.0 Å². The number of benzene rings is 1. The molecule has 1 atom stereocenters. The van der Waals surface area contributed by atoms with E-state index in [1.165, 1.54) is 16.4 Å². The molecule has 0 aromatic heterocycles. The molecule has 0 bridgehead atoms. The van der Waals surface area contributed by atoms with Gasteiger partial charge in [-0.3, -0.25) is 4.79 Å². The number of nitrogens with one attached hydrogen (secondary N) is 1. The van der Waals surface area contributed by atoms with E-state index in [0.29, 0.717) is 31.9 Å². The summed E-state index contributed by atoms with van der Waals surface area (Å²) in [6.07, 6.45) is 0.842. The number of carbonyl (C=O) groups is 1. The smallest absolute Gasteiger partial charge is 0.251 e. The van der Waals surface area contributed by atoms with Gasteiger partial charge in [0.2, 0.25) is 10.0 Å². The third-order valence-corrected chi connectivity index (χ3v) is 5.63. The van der Waals surface area contributed by atoms with Gasteiger partial charge in [-0.05, 0) is 37.6 Å². The van der Waals surface area contributed by atoms with Crippen LogP contribution in [0.2, 0.25) is 0 Å². The summed E-state index contributed by atoms with van der Waals surface area (Å²) < 4.78 is 31.5. The minimum atomic E-state index is -3.51. The minimum absolute atomic E-state index is 0.0873.